The molecule has 0 saturated heterocycles. The van der Waals surface area contributed by atoms with E-state index in [1.165, 1.54) is 17.1 Å². The van der Waals surface area contributed by atoms with Crippen molar-refractivity contribution in [2.75, 3.05) is 6.61 Å². The predicted molar refractivity (Wildman–Crippen MR) is 64.7 cm³/mol. The van der Waals surface area contributed by atoms with Crippen molar-refractivity contribution in [2.24, 2.45) is 0 Å². The van der Waals surface area contributed by atoms with Crippen LogP contribution in [0.3, 0.4) is 0 Å². The molecule has 0 aromatic carbocycles. The number of rotatable bonds is 5. The van der Waals surface area contributed by atoms with Crippen LogP contribution >= 0.6 is 11.3 Å². The third kappa shape index (κ3) is 3.29. The van der Waals surface area contributed by atoms with E-state index in [0.29, 0.717) is 12.4 Å². The van der Waals surface area contributed by atoms with Gasteiger partial charge in [-0.25, -0.2) is 9.78 Å². The highest BCUT2D eigenvalue weighted by atomic mass is 32.1. The number of nitrogens with zero attached hydrogens (tertiary/aromatic N) is 1. The van der Waals surface area contributed by atoms with Crippen molar-refractivity contribution in [1.82, 2.24) is 4.98 Å². The van der Waals surface area contributed by atoms with E-state index in [-0.39, 0.29) is 5.69 Å². The van der Waals surface area contributed by atoms with Gasteiger partial charge in [-0.05, 0) is 17.5 Å². The van der Waals surface area contributed by atoms with Gasteiger partial charge in [0.2, 0.25) is 0 Å². The molecule has 0 bridgehead atoms. The maximum atomic E-state index is 10.7. The summed E-state index contributed by atoms with van der Waals surface area (Å²) in [4.78, 5) is 15.7. The summed E-state index contributed by atoms with van der Waals surface area (Å²) in [5.41, 5.74) is -0.00127. The van der Waals surface area contributed by atoms with Gasteiger partial charge in [0.15, 0.2) is 5.69 Å². The summed E-state index contributed by atoms with van der Waals surface area (Å²) in [5.74, 6) is -0.511. The van der Waals surface area contributed by atoms with Gasteiger partial charge in [0.05, 0.1) is 6.61 Å². The molecule has 0 atom stereocenters. The smallest absolute Gasteiger partial charge is 0.354 e. The van der Waals surface area contributed by atoms with E-state index in [1.54, 1.807) is 17.4 Å². The van der Waals surface area contributed by atoms with Crippen molar-refractivity contribution in [3.63, 3.8) is 0 Å². The SMILES string of the molecule is O=C(O)c1cc(OCCc2cccs2)ccn1. The summed E-state index contributed by atoms with van der Waals surface area (Å²) < 4.78 is 5.47. The molecule has 0 aliphatic rings. The van der Waals surface area contributed by atoms with Gasteiger partial charge in [-0.3, -0.25) is 0 Å². The van der Waals surface area contributed by atoms with Crippen LogP contribution in [0, 0.1) is 0 Å². The molecule has 5 heteroatoms. The fourth-order valence-corrected chi connectivity index (χ4v) is 2.03. The fraction of sp³-hybridized carbons (Fsp3) is 0.167. The number of hydrogen-bond acceptors (Lipinski definition) is 4. The van der Waals surface area contributed by atoms with Gasteiger partial charge in [0.1, 0.15) is 5.75 Å². The minimum Gasteiger partial charge on any atom is -0.493 e. The molecule has 2 rings (SSSR count). The fourth-order valence-electron chi connectivity index (χ4n) is 1.34. The Hall–Kier alpha value is -1.88. The lowest BCUT2D eigenvalue weighted by atomic mass is 10.3. The van der Waals surface area contributed by atoms with Crippen LogP contribution in [0.15, 0.2) is 35.8 Å². The standard InChI is InChI=1S/C12H11NO3S/c14-12(15)11-8-9(3-5-13-11)16-6-4-10-2-1-7-17-10/h1-3,5,7-8H,4,6H2,(H,14,15). The third-order valence-electron chi connectivity index (χ3n) is 2.15. The first-order valence-electron chi connectivity index (χ1n) is 5.10. The van der Waals surface area contributed by atoms with Gasteiger partial charge < -0.3 is 9.84 Å². The summed E-state index contributed by atoms with van der Waals surface area (Å²) in [6, 6.07) is 7.12. The molecule has 0 aliphatic heterocycles. The Bertz CT molecular complexity index is 496. The Morgan fingerprint density at radius 3 is 3.06 bits per heavy atom. The maximum absolute atomic E-state index is 10.7. The predicted octanol–water partition coefficient (Wildman–Crippen LogP) is 2.46. The zero-order valence-electron chi connectivity index (χ0n) is 9.00. The summed E-state index contributed by atoms with van der Waals surface area (Å²) in [5, 5.41) is 10.8. The first kappa shape index (κ1) is 11.6. The molecule has 88 valence electrons. The Morgan fingerprint density at radius 2 is 2.35 bits per heavy atom. The van der Waals surface area contributed by atoms with E-state index in [2.05, 4.69) is 4.98 Å². The number of pyridine rings is 1. The number of carbonyl (C=O) groups is 1. The third-order valence-corrected chi connectivity index (χ3v) is 3.08. The number of carboxylic acid groups (broad SMARTS) is 1. The Morgan fingerprint density at radius 1 is 1.47 bits per heavy atom. The lowest BCUT2D eigenvalue weighted by Gasteiger charge is -2.05. The van der Waals surface area contributed by atoms with Crippen LogP contribution in [0.25, 0.3) is 0 Å². The summed E-state index contributed by atoms with van der Waals surface area (Å²) in [7, 11) is 0. The number of aromatic nitrogens is 1. The molecule has 2 aromatic heterocycles. The topological polar surface area (TPSA) is 59.4 Å². The lowest BCUT2D eigenvalue weighted by Crippen LogP contribution is -2.03. The second kappa shape index (κ2) is 5.45. The molecule has 0 unspecified atom stereocenters. The lowest BCUT2D eigenvalue weighted by molar-refractivity contribution is 0.0690. The van der Waals surface area contributed by atoms with Crippen LogP contribution in [0.5, 0.6) is 5.75 Å². The molecule has 0 aliphatic carbocycles. The first-order chi connectivity index (χ1) is 8.25. The molecule has 0 saturated carbocycles. The molecule has 0 fully saturated rings. The molecule has 2 aromatic rings. The number of ether oxygens (including phenoxy) is 1. The molecule has 0 amide bonds. The highest BCUT2D eigenvalue weighted by Gasteiger charge is 2.05. The average Bonchev–Trinajstić information content (AvgIpc) is 2.82. The Labute approximate surface area is 103 Å². The van der Waals surface area contributed by atoms with Crippen LogP contribution in [0.4, 0.5) is 0 Å². The molecule has 0 radical (unpaired) electrons. The van der Waals surface area contributed by atoms with Crippen molar-refractivity contribution < 1.29 is 14.6 Å². The van der Waals surface area contributed by atoms with E-state index < -0.39 is 5.97 Å². The van der Waals surface area contributed by atoms with Crippen LogP contribution in [0.2, 0.25) is 0 Å². The summed E-state index contributed by atoms with van der Waals surface area (Å²) in [6.45, 7) is 0.531. The minimum absolute atomic E-state index is 0.00127. The number of carboxylic acids is 1. The normalized spacial score (nSPS) is 10.1. The van der Waals surface area contributed by atoms with Gasteiger partial charge >= 0.3 is 5.97 Å². The number of thiophene rings is 1. The van der Waals surface area contributed by atoms with Crippen LogP contribution in [0.1, 0.15) is 15.4 Å². The molecule has 2 heterocycles. The minimum atomic E-state index is -1.05. The quantitative estimate of drug-likeness (QED) is 0.884. The monoisotopic (exact) mass is 249 g/mol. The van der Waals surface area contributed by atoms with Gasteiger partial charge in [0.25, 0.3) is 0 Å². The van der Waals surface area contributed by atoms with Crippen LogP contribution in [-0.2, 0) is 6.42 Å². The van der Waals surface area contributed by atoms with Gasteiger partial charge in [-0.15, -0.1) is 11.3 Å². The summed E-state index contributed by atoms with van der Waals surface area (Å²) >= 11 is 1.68. The Balaban J connectivity index is 1.90. The van der Waals surface area contributed by atoms with Crippen molar-refractivity contribution in [3.05, 3.63) is 46.4 Å². The van der Waals surface area contributed by atoms with Crippen molar-refractivity contribution in [1.29, 1.82) is 0 Å². The van der Waals surface area contributed by atoms with E-state index >= 15 is 0 Å². The van der Waals surface area contributed by atoms with Crippen LogP contribution < -0.4 is 4.74 Å². The molecule has 0 spiro atoms. The van der Waals surface area contributed by atoms with Crippen molar-refractivity contribution >= 4 is 17.3 Å². The highest BCUT2D eigenvalue weighted by molar-refractivity contribution is 7.09. The van der Waals surface area contributed by atoms with E-state index in [0.717, 1.165) is 6.42 Å². The zero-order chi connectivity index (χ0) is 12.1. The van der Waals surface area contributed by atoms with Crippen molar-refractivity contribution in [3.8, 4) is 5.75 Å². The average molecular weight is 249 g/mol. The first-order valence-corrected chi connectivity index (χ1v) is 5.98. The number of hydrogen-bond donors (Lipinski definition) is 1. The van der Waals surface area contributed by atoms with Gasteiger partial charge in [0, 0.05) is 23.6 Å². The molecule has 17 heavy (non-hydrogen) atoms. The molecular weight excluding hydrogens is 238 g/mol. The Kier molecular flexibility index (Phi) is 3.72. The van der Waals surface area contributed by atoms with E-state index in [4.69, 9.17) is 9.84 Å². The summed E-state index contributed by atoms with van der Waals surface area (Å²) in [6.07, 6.45) is 2.26. The van der Waals surface area contributed by atoms with Gasteiger partial charge in [-0.1, -0.05) is 6.07 Å². The molecular formula is C12H11NO3S. The highest BCUT2D eigenvalue weighted by Crippen LogP contribution is 2.13. The van der Waals surface area contributed by atoms with E-state index in [9.17, 15) is 4.79 Å². The largest absolute Gasteiger partial charge is 0.493 e. The zero-order valence-corrected chi connectivity index (χ0v) is 9.81. The van der Waals surface area contributed by atoms with Crippen LogP contribution in [-0.4, -0.2) is 22.7 Å². The second-order valence-corrected chi connectivity index (χ2v) is 4.39. The van der Waals surface area contributed by atoms with E-state index in [1.807, 2.05) is 17.5 Å². The maximum Gasteiger partial charge on any atom is 0.354 e. The molecule has 4 nitrogen and oxygen atoms in total. The van der Waals surface area contributed by atoms with Gasteiger partial charge in [-0.2, -0.15) is 0 Å². The molecule has 1 N–H and O–H groups in total. The second-order valence-electron chi connectivity index (χ2n) is 3.36. The van der Waals surface area contributed by atoms with Crippen molar-refractivity contribution in [2.45, 2.75) is 6.42 Å². The number of aromatic carboxylic acids is 1.